The lowest BCUT2D eigenvalue weighted by Crippen LogP contribution is -2.35. The molecule has 0 spiro atoms. The van der Waals surface area contributed by atoms with Gasteiger partial charge >= 0.3 is 5.97 Å². The molecule has 5 nitrogen and oxygen atoms in total. The van der Waals surface area contributed by atoms with E-state index in [0.717, 1.165) is 22.0 Å². The summed E-state index contributed by atoms with van der Waals surface area (Å²) < 4.78 is 0. The molecule has 2 aromatic rings. The van der Waals surface area contributed by atoms with Crippen molar-refractivity contribution in [3.8, 4) is 0 Å². The summed E-state index contributed by atoms with van der Waals surface area (Å²) in [7, 11) is 0. The largest absolute Gasteiger partial charge is 0.481 e. The predicted molar refractivity (Wildman–Crippen MR) is 79.1 cm³/mol. The van der Waals surface area contributed by atoms with Crippen molar-refractivity contribution >= 4 is 22.8 Å². The zero-order valence-corrected chi connectivity index (χ0v) is 11.9. The summed E-state index contributed by atoms with van der Waals surface area (Å²) in [6, 6.07) is 5.98. The number of aryl methyl sites for hydroxylation is 1. The van der Waals surface area contributed by atoms with Crippen LogP contribution in [-0.4, -0.2) is 28.5 Å². The second-order valence-electron chi connectivity index (χ2n) is 5.85. The van der Waals surface area contributed by atoms with Gasteiger partial charge in [0.05, 0.1) is 11.8 Å². The van der Waals surface area contributed by atoms with Gasteiger partial charge in [-0.1, -0.05) is 18.2 Å². The maximum atomic E-state index is 12.0. The Morgan fingerprint density at radius 3 is 2.81 bits per heavy atom. The van der Waals surface area contributed by atoms with Crippen LogP contribution in [0.2, 0.25) is 0 Å². The molecule has 1 aromatic carbocycles. The van der Waals surface area contributed by atoms with E-state index in [1.165, 1.54) is 0 Å². The van der Waals surface area contributed by atoms with Crippen molar-refractivity contribution in [2.45, 2.75) is 26.2 Å². The second-order valence-corrected chi connectivity index (χ2v) is 5.85. The van der Waals surface area contributed by atoms with E-state index in [0.29, 0.717) is 12.8 Å². The average Bonchev–Trinajstić information content (AvgIpc) is 3.14. The van der Waals surface area contributed by atoms with Crippen LogP contribution in [0.4, 0.5) is 0 Å². The molecule has 1 aromatic heterocycles. The molecule has 1 aliphatic rings. The Morgan fingerprint density at radius 1 is 1.38 bits per heavy atom. The number of aliphatic carboxylic acids is 1. The van der Waals surface area contributed by atoms with Gasteiger partial charge < -0.3 is 15.4 Å². The van der Waals surface area contributed by atoms with E-state index in [9.17, 15) is 9.59 Å². The molecule has 1 amide bonds. The highest BCUT2D eigenvalue weighted by molar-refractivity contribution is 5.90. The van der Waals surface area contributed by atoms with Crippen LogP contribution < -0.4 is 5.32 Å². The fourth-order valence-electron chi connectivity index (χ4n) is 2.63. The van der Waals surface area contributed by atoms with Gasteiger partial charge in [0.2, 0.25) is 5.91 Å². The molecule has 0 radical (unpaired) electrons. The van der Waals surface area contributed by atoms with Crippen LogP contribution in [0.3, 0.4) is 0 Å². The zero-order chi connectivity index (χ0) is 15.0. The first-order valence-corrected chi connectivity index (χ1v) is 7.07. The standard InChI is InChI=1S/C16H18N2O3/c1-10-3-2-4-12-11(8-17-14(10)12)7-13(19)18-9-16(5-6-16)15(20)21/h2-4,8,17H,5-7,9H2,1H3,(H,18,19)(H,20,21). The molecular weight excluding hydrogens is 268 g/mol. The molecular formula is C16H18N2O3. The Balaban J connectivity index is 1.67. The first-order chi connectivity index (χ1) is 10.0. The molecule has 0 saturated heterocycles. The van der Waals surface area contributed by atoms with Gasteiger partial charge in [0.25, 0.3) is 0 Å². The summed E-state index contributed by atoms with van der Waals surface area (Å²) >= 11 is 0. The molecule has 1 saturated carbocycles. The minimum Gasteiger partial charge on any atom is -0.481 e. The predicted octanol–water partition coefficient (Wildman–Crippen LogP) is 2.00. The third-order valence-corrected chi connectivity index (χ3v) is 4.29. The van der Waals surface area contributed by atoms with Crippen LogP contribution in [0.1, 0.15) is 24.0 Å². The minimum atomic E-state index is -0.814. The van der Waals surface area contributed by atoms with E-state index in [1.54, 1.807) is 0 Å². The number of carbonyl (C=O) groups is 2. The number of para-hydroxylation sites is 1. The zero-order valence-electron chi connectivity index (χ0n) is 11.9. The summed E-state index contributed by atoms with van der Waals surface area (Å²) in [4.78, 5) is 26.3. The first kappa shape index (κ1) is 13.7. The average molecular weight is 286 g/mol. The molecule has 1 aliphatic carbocycles. The summed E-state index contributed by atoms with van der Waals surface area (Å²) in [5.74, 6) is -0.949. The summed E-state index contributed by atoms with van der Waals surface area (Å²) in [6.07, 6.45) is 3.41. The van der Waals surface area contributed by atoms with Gasteiger partial charge in [-0.05, 0) is 30.9 Å². The van der Waals surface area contributed by atoms with Crippen molar-refractivity contribution in [2.24, 2.45) is 5.41 Å². The molecule has 0 atom stereocenters. The van der Waals surface area contributed by atoms with E-state index in [-0.39, 0.29) is 18.9 Å². The van der Waals surface area contributed by atoms with Gasteiger partial charge in [-0.2, -0.15) is 0 Å². The lowest BCUT2D eigenvalue weighted by molar-refractivity contribution is -0.143. The van der Waals surface area contributed by atoms with Gasteiger partial charge in [0.15, 0.2) is 0 Å². The molecule has 1 heterocycles. The van der Waals surface area contributed by atoms with Gasteiger partial charge in [0, 0.05) is 23.6 Å². The summed E-state index contributed by atoms with van der Waals surface area (Å²) in [5, 5.41) is 12.9. The van der Waals surface area contributed by atoms with Gasteiger partial charge in [0.1, 0.15) is 0 Å². The smallest absolute Gasteiger partial charge is 0.311 e. The Kier molecular flexibility index (Phi) is 3.20. The maximum Gasteiger partial charge on any atom is 0.311 e. The van der Waals surface area contributed by atoms with Gasteiger partial charge in [-0.3, -0.25) is 9.59 Å². The molecule has 0 unspecified atom stereocenters. The number of carbonyl (C=O) groups excluding carboxylic acids is 1. The number of carboxylic acid groups (broad SMARTS) is 1. The van der Waals surface area contributed by atoms with E-state index < -0.39 is 11.4 Å². The second kappa shape index (κ2) is 4.91. The van der Waals surface area contributed by atoms with Crippen LogP contribution in [0.15, 0.2) is 24.4 Å². The number of benzene rings is 1. The van der Waals surface area contributed by atoms with E-state index in [2.05, 4.69) is 10.3 Å². The number of aromatic amines is 1. The van der Waals surface area contributed by atoms with Crippen molar-refractivity contribution in [1.29, 1.82) is 0 Å². The topological polar surface area (TPSA) is 82.2 Å². The van der Waals surface area contributed by atoms with E-state index in [1.807, 2.05) is 31.3 Å². The van der Waals surface area contributed by atoms with Gasteiger partial charge in [-0.25, -0.2) is 0 Å². The number of nitrogens with one attached hydrogen (secondary N) is 2. The number of hydrogen-bond donors (Lipinski definition) is 3. The molecule has 5 heteroatoms. The number of amides is 1. The minimum absolute atomic E-state index is 0.134. The van der Waals surface area contributed by atoms with Crippen molar-refractivity contribution in [3.05, 3.63) is 35.5 Å². The Hall–Kier alpha value is -2.30. The first-order valence-electron chi connectivity index (χ1n) is 7.07. The Bertz CT molecular complexity index is 713. The number of fused-ring (bicyclic) bond motifs is 1. The van der Waals surface area contributed by atoms with Crippen LogP contribution in [-0.2, 0) is 16.0 Å². The fraction of sp³-hybridized carbons (Fsp3) is 0.375. The maximum absolute atomic E-state index is 12.0. The highest BCUT2D eigenvalue weighted by Gasteiger charge is 2.50. The van der Waals surface area contributed by atoms with Crippen LogP contribution in [0.25, 0.3) is 10.9 Å². The molecule has 3 N–H and O–H groups in total. The lowest BCUT2D eigenvalue weighted by atomic mass is 10.1. The fourth-order valence-corrected chi connectivity index (χ4v) is 2.63. The molecule has 0 bridgehead atoms. The highest BCUT2D eigenvalue weighted by Crippen LogP contribution is 2.45. The molecule has 0 aliphatic heterocycles. The summed E-state index contributed by atoms with van der Waals surface area (Å²) in [5.41, 5.74) is 2.41. The van der Waals surface area contributed by atoms with Crippen molar-refractivity contribution in [2.75, 3.05) is 6.54 Å². The monoisotopic (exact) mass is 286 g/mol. The number of carboxylic acids is 1. The number of aromatic nitrogens is 1. The molecule has 21 heavy (non-hydrogen) atoms. The van der Waals surface area contributed by atoms with Crippen molar-refractivity contribution in [1.82, 2.24) is 10.3 Å². The molecule has 1 fully saturated rings. The van der Waals surface area contributed by atoms with E-state index >= 15 is 0 Å². The van der Waals surface area contributed by atoms with Crippen LogP contribution in [0, 0.1) is 12.3 Å². The Labute approximate surface area is 122 Å². The molecule has 3 rings (SSSR count). The third kappa shape index (κ3) is 2.51. The van der Waals surface area contributed by atoms with Crippen molar-refractivity contribution < 1.29 is 14.7 Å². The van der Waals surface area contributed by atoms with Crippen molar-refractivity contribution in [3.63, 3.8) is 0 Å². The Morgan fingerprint density at radius 2 is 2.14 bits per heavy atom. The normalized spacial score (nSPS) is 15.9. The van der Waals surface area contributed by atoms with E-state index in [4.69, 9.17) is 5.11 Å². The highest BCUT2D eigenvalue weighted by atomic mass is 16.4. The SMILES string of the molecule is Cc1cccc2c(CC(=O)NCC3(C(=O)O)CC3)c[nH]c12. The number of hydrogen-bond acceptors (Lipinski definition) is 2. The van der Waals surface area contributed by atoms with Gasteiger partial charge in [-0.15, -0.1) is 0 Å². The molecule has 110 valence electrons. The number of H-pyrrole nitrogens is 1. The quantitative estimate of drug-likeness (QED) is 0.786. The summed E-state index contributed by atoms with van der Waals surface area (Å²) in [6.45, 7) is 2.24. The third-order valence-electron chi connectivity index (χ3n) is 4.29. The number of rotatable bonds is 5. The van der Waals surface area contributed by atoms with Crippen LogP contribution in [0.5, 0.6) is 0 Å². The van der Waals surface area contributed by atoms with Crippen LogP contribution >= 0.6 is 0 Å². The lowest BCUT2D eigenvalue weighted by Gasteiger charge is -2.10.